The van der Waals surface area contributed by atoms with Crippen molar-refractivity contribution in [1.82, 2.24) is 0 Å². The SMILES string of the molecule is COc1ccc(CC(=O)c2c(OC)cc(OP(=O)([O-])Oc3cc(OC)c(C(=O)Cc4ccc(OC)cc4)c(OC)c3)cc2OC)cc1.[Na+]. The maximum Gasteiger partial charge on any atom is 1.00 e. The van der Waals surface area contributed by atoms with Crippen molar-refractivity contribution in [2.45, 2.75) is 12.8 Å². The molecule has 0 saturated heterocycles. The maximum absolute atomic E-state index is 13.3. The van der Waals surface area contributed by atoms with Crippen molar-refractivity contribution in [3.05, 3.63) is 95.1 Å². The zero-order valence-corrected chi connectivity index (χ0v) is 30.6. The zero-order valence-electron chi connectivity index (χ0n) is 27.7. The summed E-state index contributed by atoms with van der Waals surface area (Å²) in [6.45, 7) is 0. The van der Waals surface area contributed by atoms with Crippen LogP contribution < -0.4 is 71.9 Å². The standard InChI is InChI=1S/C34H35O12P.Na/c1-39-23-11-7-21(8-12-23)15-27(35)33-29(41-3)17-25(18-30(33)42-4)45-47(37,38)46-26-19-31(43-5)34(32(20-26)44-6)28(36)16-22-9-13-24(40-2)14-10-22;/h7-14,17-20H,15-16H2,1-6H3,(H,37,38);/q;+1/p-1. The van der Waals surface area contributed by atoms with Gasteiger partial charge in [0.1, 0.15) is 57.1 Å². The number of carbonyl (C=O) groups is 2. The van der Waals surface area contributed by atoms with Gasteiger partial charge >= 0.3 is 37.4 Å². The third kappa shape index (κ3) is 9.46. The van der Waals surface area contributed by atoms with Crippen LogP contribution in [0.2, 0.25) is 0 Å². The molecule has 0 aromatic heterocycles. The van der Waals surface area contributed by atoms with Gasteiger partial charge in [0.2, 0.25) is 0 Å². The first kappa shape index (κ1) is 38.3. The Hall–Kier alpha value is -4.19. The molecule has 248 valence electrons. The van der Waals surface area contributed by atoms with Crippen LogP contribution in [0.15, 0.2) is 72.8 Å². The van der Waals surface area contributed by atoms with E-state index in [1.807, 2.05) is 0 Å². The van der Waals surface area contributed by atoms with Crippen LogP contribution in [0.3, 0.4) is 0 Å². The number of ether oxygens (including phenoxy) is 6. The molecule has 0 unspecified atom stereocenters. The summed E-state index contributed by atoms with van der Waals surface area (Å²) in [6, 6.07) is 18.9. The summed E-state index contributed by atoms with van der Waals surface area (Å²) in [5.41, 5.74) is 1.64. The van der Waals surface area contributed by atoms with E-state index >= 15 is 0 Å². The number of phosphoric ester groups is 1. The number of phosphoric acid groups is 1. The fourth-order valence-electron chi connectivity index (χ4n) is 4.74. The third-order valence-corrected chi connectivity index (χ3v) is 7.87. The Morgan fingerprint density at radius 2 is 0.812 bits per heavy atom. The summed E-state index contributed by atoms with van der Waals surface area (Å²) in [4.78, 5) is 39.6. The summed E-state index contributed by atoms with van der Waals surface area (Å²) in [5, 5.41) is 0. The van der Waals surface area contributed by atoms with E-state index in [1.165, 1.54) is 52.7 Å². The van der Waals surface area contributed by atoms with Crippen molar-refractivity contribution in [2.24, 2.45) is 0 Å². The summed E-state index contributed by atoms with van der Waals surface area (Å²) in [5.74, 6) is 0.270. The van der Waals surface area contributed by atoms with Crippen molar-refractivity contribution >= 4 is 19.4 Å². The number of hydrogen-bond acceptors (Lipinski definition) is 12. The van der Waals surface area contributed by atoms with Gasteiger partial charge in [-0.15, -0.1) is 0 Å². The van der Waals surface area contributed by atoms with E-state index in [2.05, 4.69) is 0 Å². The first-order valence-corrected chi connectivity index (χ1v) is 15.5. The average molecular weight is 689 g/mol. The molecule has 0 fully saturated rings. The van der Waals surface area contributed by atoms with Gasteiger partial charge < -0.3 is 42.4 Å². The van der Waals surface area contributed by atoms with Crippen LogP contribution in [-0.2, 0) is 17.4 Å². The molecule has 0 amide bonds. The van der Waals surface area contributed by atoms with Crippen LogP contribution >= 0.6 is 7.82 Å². The minimum Gasteiger partial charge on any atom is -0.736 e. The van der Waals surface area contributed by atoms with Gasteiger partial charge in [-0.25, -0.2) is 4.57 Å². The molecule has 14 heteroatoms. The van der Waals surface area contributed by atoms with E-state index in [0.29, 0.717) is 11.5 Å². The molecule has 0 radical (unpaired) electrons. The third-order valence-electron chi connectivity index (χ3n) is 7.00. The largest absolute Gasteiger partial charge is 1.00 e. The molecule has 0 bridgehead atoms. The van der Waals surface area contributed by atoms with Gasteiger partial charge in [-0.2, -0.15) is 0 Å². The molecule has 0 aliphatic heterocycles. The predicted molar refractivity (Wildman–Crippen MR) is 170 cm³/mol. The quantitative estimate of drug-likeness (QED) is 0.0968. The molecular weight excluding hydrogens is 654 g/mol. The average Bonchev–Trinajstić information content (AvgIpc) is 3.07. The number of benzene rings is 4. The Morgan fingerprint density at radius 3 is 1.06 bits per heavy atom. The molecule has 12 nitrogen and oxygen atoms in total. The minimum absolute atomic E-state index is 0. The number of Topliss-reactive ketones (excluding diaryl/α,β-unsaturated/α-hetero) is 2. The fourth-order valence-corrected chi connectivity index (χ4v) is 5.51. The van der Waals surface area contributed by atoms with E-state index in [4.69, 9.17) is 37.5 Å². The van der Waals surface area contributed by atoms with Crippen LogP contribution in [0.25, 0.3) is 0 Å². The summed E-state index contributed by atoms with van der Waals surface area (Å²) in [6.07, 6.45) is 0.0324. The molecule has 4 aromatic rings. The summed E-state index contributed by atoms with van der Waals surface area (Å²) in [7, 11) is 3.27. The number of carbonyl (C=O) groups excluding carboxylic acids is 2. The minimum atomic E-state index is -5.13. The Labute approximate surface area is 300 Å². The summed E-state index contributed by atoms with van der Waals surface area (Å²) >= 11 is 0. The second-order valence-electron chi connectivity index (χ2n) is 9.93. The van der Waals surface area contributed by atoms with Crippen molar-refractivity contribution in [1.29, 1.82) is 0 Å². The van der Waals surface area contributed by atoms with Gasteiger partial charge in [-0.3, -0.25) is 9.59 Å². The molecule has 0 heterocycles. The molecule has 0 N–H and O–H groups in total. The molecule has 4 rings (SSSR count). The fraction of sp³-hybridized carbons (Fsp3) is 0.235. The number of hydrogen-bond donors (Lipinski definition) is 0. The first-order chi connectivity index (χ1) is 22.5. The van der Waals surface area contributed by atoms with E-state index in [1.54, 1.807) is 62.8 Å². The van der Waals surface area contributed by atoms with Gasteiger partial charge in [0, 0.05) is 37.1 Å². The van der Waals surface area contributed by atoms with Gasteiger partial charge in [-0.05, 0) is 35.4 Å². The van der Waals surface area contributed by atoms with Crippen molar-refractivity contribution in [2.75, 3.05) is 42.7 Å². The molecule has 48 heavy (non-hydrogen) atoms. The first-order valence-electron chi connectivity index (χ1n) is 14.1. The molecule has 0 aliphatic rings. The van der Waals surface area contributed by atoms with Gasteiger partial charge in [0.15, 0.2) is 11.6 Å². The van der Waals surface area contributed by atoms with Crippen molar-refractivity contribution in [3.8, 4) is 46.0 Å². The molecular formula is C34H34NaO12P. The predicted octanol–water partition coefficient (Wildman–Crippen LogP) is 2.52. The van der Waals surface area contributed by atoms with E-state index in [9.17, 15) is 19.0 Å². The van der Waals surface area contributed by atoms with E-state index in [0.717, 1.165) is 11.1 Å². The molecule has 0 atom stereocenters. The zero-order chi connectivity index (χ0) is 34.1. The van der Waals surface area contributed by atoms with Crippen molar-refractivity contribution in [3.63, 3.8) is 0 Å². The Kier molecular flexibility index (Phi) is 13.8. The number of rotatable bonds is 16. The number of methoxy groups -OCH3 is 6. The Bertz CT molecular complexity index is 1600. The van der Waals surface area contributed by atoms with Gasteiger partial charge in [-0.1, -0.05) is 24.3 Å². The van der Waals surface area contributed by atoms with Crippen LogP contribution in [0.1, 0.15) is 31.8 Å². The van der Waals surface area contributed by atoms with Crippen LogP contribution in [0.4, 0.5) is 0 Å². The molecule has 0 saturated carbocycles. The Balaban J connectivity index is 0.00000625. The smallest absolute Gasteiger partial charge is 0.736 e. The van der Waals surface area contributed by atoms with Crippen molar-refractivity contribution < 1.29 is 86.1 Å². The molecule has 4 aromatic carbocycles. The molecule has 0 aliphatic carbocycles. The van der Waals surface area contributed by atoms with E-state index in [-0.39, 0.29) is 99.6 Å². The van der Waals surface area contributed by atoms with E-state index < -0.39 is 7.82 Å². The maximum atomic E-state index is 13.3. The van der Waals surface area contributed by atoms with Crippen LogP contribution in [0, 0.1) is 0 Å². The Morgan fingerprint density at radius 1 is 0.521 bits per heavy atom. The second-order valence-corrected chi connectivity index (χ2v) is 11.2. The summed E-state index contributed by atoms with van der Waals surface area (Å²) < 4.78 is 55.4. The van der Waals surface area contributed by atoms with Gasteiger partial charge in [0.25, 0.3) is 0 Å². The van der Waals surface area contributed by atoms with Crippen LogP contribution in [-0.4, -0.2) is 54.2 Å². The van der Waals surface area contributed by atoms with Gasteiger partial charge in [0.05, 0.1) is 42.7 Å². The topological polar surface area (TPSA) is 148 Å². The monoisotopic (exact) mass is 688 g/mol. The second kappa shape index (κ2) is 17.3. The number of ketones is 2. The molecule has 0 spiro atoms. The van der Waals surface area contributed by atoms with Crippen LogP contribution in [0.5, 0.6) is 46.0 Å². The normalized spacial score (nSPS) is 10.6.